The van der Waals surface area contributed by atoms with Crippen LogP contribution in [0.4, 0.5) is 17.1 Å². The van der Waals surface area contributed by atoms with Crippen molar-refractivity contribution in [2.75, 3.05) is 67.5 Å². The van der Waals surface area contributed by atoms with Crippen molar-refractivity contribution in [2.24, 2.45) is 11.3 Å². The SMILES string of the molecule is C[C@@]1(O)CCC=CCN2C(=O)C3CNC(Nc4ccc(N5CCC(N6CCC7(CCN(c8ccc9c(c8)C(=O)N(C8CCC(=O)NC8=O)C9=O)CC7)C6)CC5)cc4)NC3N2C2CCCC1N2. The van der Waals surface area contributed by atoms with Crippen LogP contribution < -0.4 is 36.4 Å². The van der Waals surface area contributed by atoms with E-state index in [4.69, 9.17) is 0 Å². The van der Waals surface area contributed by atoms with E-state index in [1.807, 2.05) is 24.1 Å². The normalized spacial score (nSPS) is 33.2. The van der Waals surface area contributed by atoms with E-state index in [0.717, 1.165) is 107 Å². The van der Waals surface area contributed by atoms with Gasteiger partial charge in [0.1, 0.15) is 12.3 Å². The molecule has 17 nitrogen and oxygen atoms in total. The largest absolute Gasteiger partial charge is 0.389 e. The standard InChI is InChI=1S/C49H65N11O6/c1-48(66)18-3-2-4-22-58-44(63)37-29-50-47(54-42(37)60(58)40-7-5-6-39(48)52-40)51-31-8-10-32(11-9-31)55-23-16-33(17-24-55)57-27-21-49(30-57)19-25-56(26-20-49)34-12-13-35-36(28-34)46(65)59(45(35)64)38-14-15-41(61)53-43(38)62/h2,4,8-13,28,33,37-40,42,47,50-52,54,66H,3,5-7,14-27,29-30H2,1H3,(H,53,61,62)/t37?,38?,39?,40?,42?,47?,48-/m1/s1. The molecule has 2 aromatic rings. The lowest BCUT2D eigenvalue weighted by molar-refractivity contribution is -0.146. The Hall–Kier alpha value is -4.91. The number of hydrazine groups is 1. The molecule has 9 heterocycles. The van der Waals surface area contributed by atoms with Crippen molar-refractivity contribution in [1.82, 2.24) is 41.1 Å². The van der Waals surface area contributed by atoms with Gasteiger partial charge in [0.05, 0.1) is 41.5 Å². The summed E-state index contributed by atoms with van der Waals surface area (Å²) >= 11 is 0. The van der Waals surface area contributed by atoms with Gasteiger partial charge in [-0.05, 0) is 132 Å². The quantitative estimate of drug-likeness (QED) is 0.184. The summed E-state index contributed by atoms with van der Waals surface area (Å²) in [7, 11) is 0. The summed E-state index contributed by atoms with van der Waals surface area (Å²) in [6.45, 7) is 9.11. The second kappa shape index (κ2) is 17.3. The maximum Gasteiger partial charge on any atom is 0.262 e. The molecule has 6 unspecified atom stereocenters. The first kappa shape index (κ1) is 43.6. The molecule has 66 heavy (non-hydrogen) atoms. The highest BCUT2D eigenvalue weighted by Crippen LogP contribution is 2.44. The number of allylic oxidation sites excluding steroid dienone is 1. The number of anilines is 3. The number of imide groups is 2. The zero-order valence-electron chi connectivity index (χ0n) is 38.1. The Balaban J connectivity index is 0.657. The van der Waals surface area contributed by atoms with Crippen LogP contribution in [0.5, 0.6) is 0 Å². The second-order valence-corrected chi connectivity index (χ2v) is 20.7. The maximum absolute atomic E-state index is 13.8. The van der Waals surface area contributed by atoms with E-state index in [-0.39, 0.29) is 60.7 Å². The van der Waals surface area contributed by atoms with Crippen LogP contribution in [0, 0.1) is 11.3 Å². The van der Waals surface area contributed by atoms with Gasteiger partial charge in [-0.3, -0.25) is 60.0 Å². The Morgan fingerprint density at radius 3 is 2.30 bits per heavy atom. The van der Waals surface area contributed by atoms with Gasteiger partial charge in [-0.1, -0.05) is 12.2 Å². The number of hydrogen-bond acceptors (Lipinski definition) is 14. The molecule has 6 N–H and O–H groups in total. The van der Waals surface area contributed by atoms with Crippen LogP contribution in [0.15, 0.2) is 54.6 Å². The van der Waals surface area contributed by atoms with Crippen LogP contribution in [0.1, 0.15) is 105 Å². The number of nitrogens with zero attached hydrogens (tertiary/aromatic N) is 6. The number of likely N-dealkylation sites (tertiary alicyclic amines) is 1. The number of carbonyl (C=O) groups is 5. The molecular formula is C49H65N11O6. The number of nitrogens with one attached hydrogen (secondary N) is 5. The van der Waals surface area contributed by atoms with Gasteiger partial charge in [-0.25, -0.2) is 0 Å². The summed E-state index contributed by atoms with van der Waals surface area (Å²) in [5.74, 6) is -1.98. The lowest BCUT2D eigenvalue weighted by Gasteiger charge is -2.47. The summed E-state index contributed by atoms with van der Waals surface area (Å²) in [6, 6.07) is 13.8. The lowest BCUT2D eigenvalue weighted by Crippen LogP contribution is -2.69. The van der Waals surface area contributed by atoms with Crippen molar-refractivity contribution in [3.63, 3.8) is 0 Å². The number of amides is 5. The number of benzene rings is 2. The van der Waals surface area contributed by atoms with E-state index in [1.54, 1.807) is 6.07 Å². The van der Waals surface area contributed by atoms with Gasteiger partial charge in [0.15, 0.2) is 0 Å². The number of fused-ring (bicyclic) bond motifs is 7. The topological polar surface area (TPSA) is 185 Å². The zero-order valence-corrected chi connectivity index (χ0v) is 38.1. The van der Waals surface area contributed by atoms with Crippen LogP contribution in [0.25, 0.3) is 0 Å². The number of piperidine rings is 4. The van der Waals surface area contributed by atoms with Gasteiger partial charge in [-0.2, -0.15) is 5.01 Å². The number of rotatable bonds is 6. The molecule has 9 aliphatic heterocycles. The minimum absolute atomic E-state index is 0.0256. The van der Waals surface area contributed by atoms with Crippen LogP contribution in [-0.2, 0) is 14.4 Å². The van der Waals surface area contributed by atoms with E-state index in [9.17, 15) is 29.1 Å². The highest BCUT2D eigenvalue weighted by atomic mass is 16.3. The Bertz CT molecular complexity index is 2270. The molecule has 2 aromatic carbocycles. The molecule has 0 aliphatic carbocycles. The molecule has 0 saturated carbocycles. The van der Waals surface area contributed by atoms with Gasteiger partial charge in [-0.15, -0.1) is 0 Å². The van der Waals surface area contributed by atoms with E-state index in [0.29, 0.717) is 36.7 Å². The fourth-order valence-electron chi connectivity index (χ4n) is 12.7. The van der Waals surface area contributed by atoms with Crippen molar-refractivity contribution < 1.29 is 29.1 Å². The smallest absolute Gasteiger partial charge is 0.262 e. The third kappa shape index (κ3) is 7.98. The molecule has 0 radical (unpaired) electrons. The molecule has 0 aromatic heterocycles. The molecule has 352 valence electrons. The monoisotopic (exact) mass is 904 g/mol. The Morgan fingerprint density at radius 1 is 0.773 bits per heavy atom. The minimum Gasteiger partial charge on any atom is -0.389 e. The molecule has 5 amide bonds. The van der Waals surface area contributed by atoms with Crippen molar-refractivity contribution in [3.8, 4) is 0 Å². The highest BCUT2D eigenvalue weighted by molar-refractivity contribution is 6.23. The Morgan fingerprint density at radius 2 is 1.52 bits per heavy atom. The van der Waals surface area contributed by atoms with E-state index >= 15 is 0 Å². The summed E-state index contributed by atoms with van der Waals surface area (Å²) in [6.07, 6.45) is 13.9. The van der Waals surface area contributed by atoms with Crippen molar-refractivity contribution in [2.45, 2.75) is 126 Å². The fourth-order valence-corrected chi connectivity index (χ4v) is 12.7. The third-order valence-corrected chi connectivity index (χ3v) is 16.7. The van der Waals surface area contributed by atoms with Crippen LogP contribution in [-0.4, -0.2) is 149 Å². The molecule has 7 fully saturated rings. The molecule has 17 heteroatoms. The minimum atomic E-state index is -0.963. The average Bonchev–Trinajstić information content (AvgIpc) is 3.94. The van der Waals surface area contributed by atoms with Gasteiger partial charge >= 0.3 is 0 Å². The molecular weight excluding hydrogens is 839 g/mol. The zero-order chi connectivity index (χ0) is 45.3. The maximum atomic E-state index is 13.8. The van der Waals surface area contributed by atoms with Gasteiger partial charge in [0.2, 0.25) is 17.7 Å². The van der Waals surface area contributed by atoms with Crippen LogP contribution in [0.2, 0.25) is 0 Å². The molecule has 2 bridgehead atoms. The Labute approximate surface area is 386 Å². The molecule has 9 aliphatic rings. The summed E-state index contributed by atoms with van der Waals surface area (Å²) in [5.41, 5.74) is 3.30. The fraction of sp³-hybridized carbons (Fsp3) is 0.612. The van der Waals surface area contributed by atoms with E-state index < -0.39 is 29.4 Å². The molecule has 1 spiro atoms. The number of carbonyl (C=O) groups excluding carboxylic acids is 5. The Kier molecular flexibility index (Phi) is 11.4. The second-order valence-electron chi connectivity index (χ2n) is 20.7. The van der Waals surface area contributed by atoms with Crippen LogP contribution >= 0.6 is 0 Å². The van der Waals surface area contributed by atoms with E-state index in [2.05, 4.69) is 82.7 Å². The van der Waals surface area contributed by atoms with Crippen LogP contribution in [0.3, 0.4) is 0 Å². The van der Waals surface area contributed by atoms with E-state index in [1.165, 1.54) is 12.1 Å². The summed E-state index contributed by atoms with van der Waals surface area (Å²) < 4.78 is 0. The van der Waals surface area contributed by atoms with Crippen molar-refractivity contribution >= 4 is 46.6 Å². The molecule has 11 rings (SSSR count). The number of hydrogen-bond donors (Lipinski definition) is 6. The molecule has 7 atom stereocenters. The van der Waals surface area contributed by atoms with Gasteiger partial charge < -0.3 is 20.2 Å². The van der Waals surface area contributed by atoms with Crippen molar-refractivity contribution in [3.05, 3.63) is 65.7 Å². The predicted octanol–water partition coefficient (Wildman–Crippen LogP) is 2.51. The predicted molar refractivity (Wildman–Crippen MR) is 248 cm³/mol. The summed E-state index contributed by atoms with van der Waals surface area (Å²) in [5, 5.41) is 32.5. The lowest BCUT2D eigenvalue weighted by atomic mass is 9.77. The van der Waals surface area contributed by atoms with Crippen molar-refractivity contribution in [1.29, 1.82) is 0 Å². The average molecular weight is 904 g/mol. The third-order valence-electron chi connectivity index (χ3n) is 16.7. The summed E-state index contributed by atoms with van der Waals surface area (Å²) in [4.78, 5) is 73.4. The first-order valence-electron chi connectivity index (χ1n) is 24.6. The van der Waals surface area contributed by atoms with Gasteiger partial charge in [0, 0.05) is 74.8 Å². The van der Waals surface area contributed by atoms with Gasteiger partial charge in [0.25, 0.3) is 11.8 Å². The first-order chi connectivity index (χ1) is 31.9. The highest BCUT2D eigenvalue weighted by Gasteiger charge is 2.53. The number of aliphatic hydroxyl groups is 1. The first-order valence-corrected chi connectivity index (χ1v) is 24.6. The molecule has 7 saturated heterocycles.